The standard InChI is InChI=1S/C12H19NOS.ClH/c1-12(2,8-14)11(13)9-4-6-10(15-3)7-5-9;/h4-7,11,14H,8,13H2,1-3H3;1H/t11-;/m1./s1. The van der Waals surface area contributed by atoms with E-state index < -0.39 is 0 Å². The van der Waals surface area contributed by atoms with E-state index >= 15 is 0 Å². The molecule has 16 heavy (non-hydrogen) atoms. The highest BCUT2D eigenvalue weighted by atomic mass is 35.5. The zero-order chi connectivity index (χ0) is 11.5. The van der Waals surface area contributed by atoms with E-state index in [2.05, 4.69) is 12.1 Å². The Morgan fingerprint density at radius 2 is 1.81 bits per heavy atom. The zero-order valence-corrected chi connectivity index (χ0v) is 11.6. The molecule has 1 aromatic rings. The third-order valence-corrected chi connectivity index (χ3v) is 3.47. The van der Waals surface area contributed by atoms with Crippen molar-refractivity contribution in [2.45, 2.75) is 24.8 Å². The van der Waals surface area contributed by atoms with E-state index in [9.17, 15) is 5.11 Å². The minimum atomic E-state index is -0.277. The monoisotopic (exact) mass is 261 g/mol. The van der Waals surface area contributed by atoms with Crippen LogP contribution in [-0.2, 0) is 0 Å². The first-order valence-corrected chi connectivity index (χ1v) is 6.24. The lowest BCUT2D eigenvalue weighted by atomic mass is 9.82. The van der Waals surface area contributed by atoms with Gasteiger partial charge in [-0.1, -0.05) is 26.0 Å². The molecule has 0 saturated heterocycles. The van der Waals surface area contributed by atoms with E-state index in [1.165, 1.54) is 4.90 Å². The minimum absolute atomic E-state index is 0. The summed E-state index contributed by atoms with van der Waals surface area (Å²) in [6.07, 6.45) is 2.05. The SMILES string of the molecule is CSc1ccc([C@@H](N)C(C)(C)CO)cc1.Cl. The molecule has 0 aromatic heterocycles. The van der Waals surface area contributed by atoms with Gasteiger partial charge in [-0.3, -0.25) is 0 Å². The number of thioether (sulfide) groups is 1. The van der Waals surface area contributed by atoms with E-state index in [1.54, 1.807) is 11.8 Å². The summed E-state index contributed by atoms with van der Waals surface area (Å²) in [5, 5.41) is 9.24. The Balaban J connectivity index is 0.00000225. The topological polar surface area (TPSA) is 46.2 Å². The molecule has 0 aliphatic heterocycles. The molecule has 1 aromatic carbocycles. The van der Waals surface area contributed by atoms with Crippen molar-refractivity contribution in [1.29, 1.82) is 0 Å². The van der Waals surface area contributed by atoms with Gasteiger partial charge in [0.2, 0.25) is 0 Å². The highest BCUT2D eigenvalue weighted by Crippen LogP contribution is 2.31. The van der Waals surface area contributed by atoms with Crippen LogP contribution in [0.1, 0.15) is 25.5 Å². The molecule has 1 rings (SSSR count). The number of halogens is 1. The molecule has 3 N–H and O–H groups in total. The van der Waals surface area contributed by atoms with Crippen molar-refractivity contribution in [2.75, 3.05) is 12.9 Å². The fourth-order valence-electron chi connectivity index (χ4n) is 1.36. The summed E-state index contributed by atoms with van der Waals surface area (Å²) < 4.78 is 0. The highest BCUT2D eigenvalue weighted by molar-refractivity contribution is 7.98. The van der Waals surface area contributed by atoms with E-state index in [0.717, 1.165) is 5.56 Å². The summed E-state index contributed by atoms with van der Waals surface area (Å²) in [4.78, 5) is 1.23. The molecule has 0 aliphatic carbocycles. The van der Waals surface area contributed by atoms with E-state index in [-0.39, 0.29) is 30.5 Å². The van der Waals surface area contributed by atoms with Crippen LogP contribution in [-0.4, -0.2) is 18.0 Å². The molecule has 0 spiro atoms. The lowest BCUT2D eigenvalue weighted by Crippen LogP contribution is -2.32. The summed E-state index contributed by atoms with van der Waals surface area (Å²) in [6.45, 7) is 4.04. The Labute approximate surface area is 108 Å². The van der Waals surface area contributed by atoms with Gasteiger partial charge in [0.1, 0.15) is 0 Å². The van der Waals surface area contributed by atoms with Gasteiger partial charge in [0.25, 0.3) is 0 Å². The smallest absolute Gasteiger partial charge is 0.0500 e. The number of aliphatic hydroxyl groups is 1. The lowest BCUT2D eigenvalue weighted by Gasteiger charge is -2.29. The Kier molecular flexibility index (Phi) is 6.41. The first-order valence-electron chi connectivity index (χ1n) is 5.01. The molecule has 4 heteroatoms. The number of hydrogen-bond acceptors (Lipinski definition) is 3. The van der Waals surface area contributed by atoms with Crippen molar-refractivity contribution in [1.82, 2.24) is 0 Å². The van der Waals surface area contributed by atoms with Gasteiger partial charge in [0, 0.05) is 23.0 Å². The Morgan fingerprint density at radius 3 is 2.19 bits per heavy atom. The molecule has 0 amide bonds. The van der Waals surface area contributed by atoms with Crippen LogP contribution >= 0.6 is 24.2 Å². The van der Waals surface area contributed by atoms with Crippen LogP contribution in [0.4, 0.5) is 0 Å². The second kappa shape index (κ2) is 6.50. The second-order valence-corrected chi connectivity index (χ2v) is 5.28. The third-order valence-electron chi connectivity index (χ3n) is 2.72. The molecule has 0 unspecified atom stereocenters. The van der Waals surface area contributed by atoms with Crippen LogP contribution in [0.3, 0.4) is 0 Å². The Bertz CT molecular complexity index is 313. The molecular formula is C12H20ClNOS. The van der Waals surface area contributed by atoms with Gasteiger partial charge in [0.15, 0.2) is 0 Å². The van der Waals surface area contributed by atoms with Gasteiger partial charge < -0.3 is 10.8 Å². The summed E-state index contributed by atoms with van der Waals surface area (Å²) in [6, 6.07) is 8.07. The van der Waals surface area contributed by atoms with Crippen molar-refractivity contribution in [3.05, 3.63) is 29.8 Å². The van der Waals surface area contributed by atoms with E-state index in [0.29, 0.717) is 0 Å². The Morgan fingerprint density at radius 1 is 1.31 bits per heavy atom. The maximum atomic E-state index is 9.24. The van der Waals surface area contributed by atoms with E-state index in [4.69, 9.17) is 5.73 Å². The summed E-state index contributed by atoms with van der Waals surface area (Å²) in [5.41, 5.74) is 6.91. The molecular weight excluding hydrogens is 242 g/mol. The number of aliphatic hydroxyl groups excluding tert-OH is 1. The van der Waals surface area contributed by atoms with Gasteiger partial charge in [-0.2, -0.15) is 0 Å². The molecule has 2 nitrogen and oxygen atoms in total. The first kappa shape index (κ1) is 15.8. The van der Waals surface area contributed by atoms with Crippen LogP contribution in [0.15, 0.2) is 29.2 Å². The summed E-state index contributed by atoms with van der Waals surface area (Å²) in [5.74, 6) is 0. The molecule has 0 bridgehead atoms. The number of hydrogen-bond donors (Lipinski definition) is 2. The van der Waals surface area contributed by atoms with Crippen LogP contribution in [0.2, 0.25) is 0 Å². The fraction of sp³-hybridized carbons (Fsp3) is 0.500. The van der Waals surface area contributed by atoms with Crippen molar-refractivity contribution in [2.24, 2.45) is 11.1 Å². The third kappa shape index (κ3) is 3.67. The van der Waals surface area contributed by atoms with Crippen LogP contribution in [0.5, 0.6) is 0 Å². The van der Waals surface area contributed by atoms with Crippen LogP contribution < -0.4 is 5.73 Å². The predicted molar refractivity (Wildman–Crippen MR) is 73.3 cm³/mol. The van der Waals surface area contributed by atoms with Gasteiger partial charge in [0.05, 0.1) is 0 Å². The Hall–Kier alpha value is -0.220. The molecule has 0 radical (unpaired) electrons. The van der Waals surface area contributed by atoms with Gasteiger partial charge >= 0.3 is 0 Å². The maximum absolute atomic E-state index is 9.24. The van der Waals surface area contributed by atoms with Crippen LogP contribution in [0.25, 0.3) is 0 Å². The average molecular weight is 262 g/mol. The summed E-state index contributed by atoms with van der Waals surface area (Å²) in [7, 11) is 0. The van der Waals surface area contributed by atoms with Crippen molar-refractivity contribution in [3.63, 3.8) is 0 Å². The normalized spacial score (nSPS) is 13.1. The molecule has 1 atom stereocenters. The highest BCUT2D eigenvalue weighted by Gasteiger charge is 2.26. The second-order valence-electron chi connectivity index (χ2n) is 4.40. The fourth-order valence-corrected chi connectivity index (χ4v) is 1.77. The predicted octanol–water partition coefficient (Wildman–Crippen LogP) is 2.85. The molecule has 92 valence electrons. The van der Waals surface area contributed by atoms with Crippen LogP contribution in [0, 0.1) is 5.41 Å². The van der Waals surface area contributed by atoms with Crippen molar-refractivity contribution in [3.8, 4) is 0 Å². The van der Waals surface area contributed by atoms with Gasteiger partial charge in [-0.25, -0.2) is 0 Å². The first-order chi connectivity index (χ1) is 7.01. The number of benzene rings is 1. The quantitative estimate of drug-likeness (QED) is 0.820. The number of nitrogens with two attached hydrogens (primary N) is 1. The molecule has 0 heterocycles. The van der Waals surface area contributed by atoms with Crippen molar-refractivity contribution < 1.29 is 5.11 Å². The molecule has 0 fully saturated rings. The molecule has 0 saturated carbocycles. The molecule has 0 aliphatic rings. The minimum Gasteiger partial charge on any atom is -0.396 e. The average Bonchev–Trinajstić information content (AvgIpc) is 2.28. The largest absolute Gasteiger partial charge is 0.396 e. The summed E-state index contributed by atoms with van der Waals surface area (Å²) >= 11 is 1.71. The maximum Gasteiger partial charge on any atom is 0.0500 e. The van der Waals surface area contributed by atoms with Gasteiger partial charge in [-0.15, -0.1) is 24.2 Å². The van der Waals surface area contributed by atoms with Gasteiger partial charge in [-0.05, 0) is 24.0 Å². The van der Waals surface area contributed by atoms with E-state index in [1.807, 2.05) is 32.2 Å². The zero-order valence-electron chi connectivity index (χ0n) is 9.93. The lowest BCUT2D eigenvalue weighted by molar-refractivity contribution is 0.132. The number of rotatable bonds is 4. The van der Waals surface area contributed by atoms with Crippen molar-refractivity contribution >= 4 is 24.2 Å².